The van der Waals surface area contributed by atoms with Gasteiger partial charge < -0.3 is 48.5 Å². The van der Waals surface area contributed by atoms with Crippen molar-refractivity contribution >= 4 is 43.8 Å². The van der Waals surface area contributed by atoms with Crippen LogP contribution in [0.1, 0.15) is 47.6 Å². The fourth-order valence-corrected chi connectivity index (χ4v) is 9.34. The number of methoxy groups -OCH3 is 1. The van der Waals surface area contributed by atoms with E-state index in [4.69, 9.17) is 9.47 Å². The van der Waals surface area contributed by atoms with E-state index in [1.807, 2.05) is 0 Å². The van der Waals surface area contributed by atoms with Gasteiger partial charge in [-0.05, 0) is 49.3 Å². The number of hydrogen-bond acceptors (Lipinski definition) is 9. The molecule has 6 rings (SSSR count). The third-order valence-corrected chi connectivity index (χ3v) is 13.1. The maximum atomic E-state index is 16.0. The van der Waals surface area contributed by atoms with Gasteiger partial charge in [-0.1, -0.05) is 6.07 Å². The molecule has 2 aromatic heterocycles. The van der Waals surface area contributed by atoms with Crippen molar-refractivity contribution in [1.82, 2.24) is 14.5 Å². The average molecular weight is 711 g/mol. The van der Waals surface area contributed by atoms with Crippen molar-refractivity contribution < 1.29 is 57.3 Å². The van der Waals surface area contributed by atoms with Gasteiger partial charge in [0.2, 0.25) is 5.43 Å². The SMILES string of the molecule is COc1c(N2C[C@H]3CCCN(C(=O)OC(Cc4cccnc4)(P(=O)(O)O)P(=O)(O)O)[C@H]3C2)c(F)cc2c(=O)c(C(=O)O)cn(C3CC3)c12. The van der Waals surface area contributed by atoms with Crippen LogP contribution in [0.5, 0.6) is 5.75 Å². The number of benzene rings is 1. The number of carboxylic acids is 1. The van der Waals surface area contributed by atoms with E-state index in [1.165, 1.54) is 31.6 Å². The summed E-state index contributed by atoms with van der Waals surface area (Å²) in [6.07, 6.45) is 3.71. The predicted octanol–water partition coefficient (Wildman–Crippen LogP) is 2.87. The smallest absolute Gasteiger partial charge is 0.411 e. The summed E-state index contributed by atoms with van der Waals surface area (Å²) in [6.45, 7) is 0.183. The number of amides is 1. The highest BCUT2D eigenvalue weighted by molar-refractivity contribution is 7.72. The van der Waals surface area contributed by atoms with Crippen LogP contribution in [0.3, 0.4) is 0 Å². The van der Waals surface area contributed by atoms with Gasteiger partial charge in [-0.25, -0.2) is 14.0 Å². The summed E-state index contributed by atoms with van der Waals surface area (Å²) >= 11 is 0. The number of aromatic carboxylic acids is 1. The molecule has 3 aromatic rings. The number of pyridine rings is 2. The molecular formula is C29H33FN4O12P2. The molecule has 0 radical (unpaired) electrons. The van der Waals surface area contributed by atoms with E-state index in [1.54, 1.807) is 9.47 Å². The van der Waals surface area contributed by atoms with Crippen molar-refractivity contribution in [3.05, 3.63) is 64.0 Å². The highest BCUT2D eigenvalue weighted by Crippen LogP contribution is 2.71. The molecular weight excluding hydrogens is 677 g/mol. The maximum Gasteiger partial charge on any atom is 0.411 e. The molecule has 1 saturated carbocycles. The number of aromatic nitrogens is 2. The number of halogens is 1. The molecule has 3 fully saturated rings. The van der Waals surface area contributed by atoms with Gasteiger partial charge in [0, 0.05) is 50.7 Å². The molecule has 2 saturated heterocycles. The lowest BCUT2D eigenvalue weighted by atomic mass is 9.92. The molecule has 1 aliphatic carbocycles. The Morgan fingerprint density at radius 1 is 1.12 bits per heavy atom. The molecule has 2 aliphatic heterocycles. The van der Waals surface area contributed by atoms with Crippen molar-refractivity contribution in [2.45, 2.75) is 49.3 Å². The minimum absolute atomic E-state index is 0.000430. The van der Waals surface area contributed by atoms with Crippen LogP contribution in [0.25, 0.3) is 10.9 Å². The van der Waals surface area contributed by atoms with Gasteiger partial charge >= 0.3 is 32.3 Å². The largest absolute Gasteiger partial charge is 0.492 e. The Bertz CT molecular complexity index is 1920. The van der Waals surface area contributed by atoms with Crippen LogP contribution in [0, 0.1) is 11.7 Å². The molecule has 48 heavy (non-hydrogen) atoms. The summed E-state index contributed by atoms with van der Waals surface area (Å²) in [6, 6.07) is 2.83. The first-order chi connectivity index (χ1) is 22.6. The fourth-order valence-electron chi connectivity index (χ4n) is 6.81. The minimum Gasteiger partial charge on any atom is -0.492 e. The van der Waals surface area contributed by atoms with Gasteiger partial charge in [-0.15, -0.1) is 0 Å². The van der Waals surface area contributed by atoms with Gasteiger partial charge in [-0.2, -0.15) is 0 Å². The molecule has 16 nitrogen and oxygen atoms in total. The van der Waals surface area contributed by atoms with Crippen LogP contribution in [0.15, 0.2) is 41.6 Å². The first-order valence-electron chi connectivity index (χ1n) is 15.0. The minimum atomic E-state index is -5.85. The zero-order valence-corrected chi connectivity index (χ0v) is 27.3. The maximum absolute atomic E-state index is 16.0. The predicted molar refractivity (Wildman–Crippen MR) is 167 cm³/mol. The number of fused-ring (bicyclic) bond motifs is 2. The normalized spacial score (nSPS) is 20.1. The number of carbonyl (C=O) groups excluding carboxylic acids is 1. The number of carboxylic acid groups (broad SMARTS) is 1. The second-order valence-corrected chi connectivity index (χ2v) is 16.2. The molecule has 258 valence electrons. The first kappa shape index (κ1) is 34.0. The lowest BCUT2D eigenvalue weighted by molar-refractivity contribution is 0.0284. The third kappa shape index (κ3) is 5.78. The van der Waals surface area contributed by atoms with E-state index in [-0.39, 0.29) is 59.5 Å². The molecule has 3 aliphatic rings. The molecule has 0 spiro atoms. The molecule has 4 heterocycles. The van der Waals surface area contributed by atoms with E-state index in [0.29, 0.717) is 25.7 Å². The summed E-state index contributed by atoms with van der Waals surface area (Å²) in [5, 5.41) is 5.91. The Kier molecular flexibility index (Phi) is 8.68. The quantitative estimate of drug-likeness (QED) is 0.201. The Morgan fingerprint density at radius 3 is 2.42 bits per heavy atom. The molecule has 19 heteroatoms. The summed E-state index contributed by atoms with van der Waals surface area (Å²) in [5.41, 5.74) is -1.18. The highest BCUT2D eigenvalue weighted by Gasteiger charge is 2.65. The lowest BCUT2D eigenvalue weighted by Gasteiger charge is -2.40. The Hall–Kier alpha value is -3.85. The van der Waals surface area contributed by atoms with Crippen LogP contribution < -0.4 is 15.1 Å². The monoisotopic (exact) mass is 710 g/mol. The van der Waals surface area contributed by atoms with Crippen LogP contribution in [-0.4, -0.2) is 89.1 Å². The fraction of sp³-hybridized carbons (Fsp3) is 0.448. The number of anilines is 1. The number of carbonyl (C=O) groups is 2. The Morgan fingerprint density at radius 2 is 1.83 bits per heavy atom. The van der Waals surface area contributed by atoms with Crippen molar-refractivity contribution in [2.75, 3.05) is 31.6 Å². The molecule has 1 aromatic carbocycles. The summed E-state index contributed by atoms with van der Waals surface area (Å²) < 4.78 is 54.0. The topological polar surface area (TPSA) is 229 Å². The van der Waals surface area contributed by atoms with Crippen molar-refractivity contribution in [2.24, 2.45) is 5.92 Å². The third-order valence-electron chi connectivity index (χ3n) is 9.22. The van der Waals surface area contributed by atoms with Gasteiger partial charge in [0.25, 0.3) is 0 Å². The zero-order chi connectivity index (χ0) is 34.8. The highest BCUT2D eigenvalue weighted by atomic mass is 31.2. The second-order valence-electron chi connectivity index (χ2n) is 12.3. The van der Waals surface area contributed by atoms with E-state index >= 15 is 4.39 Å². The lowest BCUT2D eigenvalue weighted by Crippen LogP contribution is -2.51. The van der Waals surface area contributed by atoms with Crippen LogP contribution in [-0.2, 0) is 20.3 Å². The van der Waals surface area contributed by atoms with Crippen LogP contribution in [0.2, 0.25) is 0 Å². The standard InChI is InChI=1S/C29H33FN4O12P2/c1-45-26-23-19(25(35)20(27(36)37)14-34(23)18-6-7-18)10-21(30)24(26)32-13-17-5-3-9-33(22(17)15-32)28(38)46-29(47(39,40)41,48(42,43)44)11-16-4-2-8-31-12-16/h2,4,8,10,12,14,17-18,22H,3,5-7,9,11,13,15H2,1H3,(H,36,37)(H2,39,40,41)(H2,42,43,44)/t17-,22+/m1/s1. The number of nitrogens with zero attached hydrogens (tertiary/aromatic N) is 4. The van der Waals surface area contributed by atoms with Crippen LogP contribution in [0.4, 0.5) is 14.9 Å². The van der Waals surface area contributed by atoms with Crippen molar-refractivity contribution in [3.8, 4) is 5.75 Å². The average Bonchev–Trinajstić information content (AvgIpc) is 3.77. The number of piperidine rings is 1. The van der Waals surface area contributed by atoms with Crippen molar-refractivity contribution in [3.63, 3.8) is 0 Å². The zero-order valence-electron chi connectivity index (χ0n) is 25.5. The summed E-state index contributed by atoms with van der Waals surface area (Å²) in [7, 11) is -10.4. The summed E-state index contributed by atoms with van der Waals surface area (Å²) in [4.78, 5) is 86.1. The second kappa shape index (κ2) is 12.2. The Balaban J connectivity index is 1.36. The van der Waals surface area contributed by atoms with E-state index < -0.39 is 61.6 Å². The molecule has 1 amide bonds. The van der Waals surface area contributed by atoms with E-state index in [9.17, 15) is 48.2 Å². The molecule has 5 N–H and O–H groups in total. The van der Waals surface area contributed by atoms with E-state index in [0.717, 1.165) is 17.2 Å². The van der Waals surface area contributed by atoms with E-state index in [2.05, 4.69) is 4.98 Å². The number of likely N-dealkylation sites (tertiary alicyclic amines) is 1. The number of hydrogen-bond donors (Lipinski definition) is 5. The first-order valence-corrected chi connectivity index (χ1v) is 18.2. The van der Waals surface area contributed by atoms with Gasteiger partial charge in [0.05, 0.1) is 24.1 Å². The number of rotatable bonds is 9. The van der Waals surface area contributed by atoms with Crippen molar-refractivity contribution in [1.29, 1.82) is 0 Å². The van der Waals surface area contributed by atoms with Crippen LogP contribution >= 0.6 is 15.2 Å². The molecule has 2 atom stereocenters. The molecule has 0 unspecified atom stereocenters. The Labute approximate surface area is 272 Å². The summed E-state index contributed by atoms with van der Waals surface area (Å²) in [5.74, 6) is -2.63. The van der Waals surface area contributed by atoms with Gasteiger partial charge in [-0.3, -0.25) is 18.9 Å². The molecule has 0 bridgehead atoms. The van der Waals surface area contributed by atoms with Gasteiger partial charge in [0.15, 0.2) is 11.6 Å². The van der Waals surface area contributed by atoms with Gasteiger partial charge in [0.1, 0.15) is 11.3 Å². The number of ether oxygens (including phenoxy) is 2.